The molecule has 3 aromatic rings. The molecule has 0 spiro atoms. The van der Waals surface area contributed by atoms with E-state index in [4.69, 9.17) is 4.42 Å². The predicted octanol–water partition coefficient (Wildman–Crippen LogP) is 3.34. The normalized spacial score (nSPS) is 24.2. The molecule has 2 bridgehead atoms. The van der Waals surface area contributed by atoms with E-state index in [2.05, 4.69) is 5.32 Å². The van der Waals surface area contributed by atoms with Gasteiger partial charge in [-0.15, -0.1) is 0 Å². The number of nitrogens with one attached hydrogen (secondary N) is 1. The number of hydrogen-bond acceptors (Lipinski definition) is 4. The molecule has 3 heterocycles. The van der Waals surface area contributed by atoms with Crippen molar-refractivity contribution in [1.29, 1.82) is 0 Å². The van der Waals surface area contributed by atoms with E-state index in [1.54, 1.807) is 4.90 Å². The van der Waals surface area contributed by atoms with Crippen molar-refractivity contribution in [2.45, 2.75) is 51.2 Å². The number of fused-ring (bicyclic) bond motifs is 3. The number of hydrogen-bond donors (Lipinski definition) is 2. The molecule has 3 atom stereocenters. The van der Waals surface area contributed by atoms with Crippen LogP contribution in [0.2, 0.25) is 0 Å². The Bertz CT molecular complexity index is 1160. The second-order valence-electron chi connectivity index (χ2n) is 9.06. The van der Waals surface area contributed by atoms with Crippen LogP contribution < -0.4 is 5.32 Å². The van der Waals surface area contributed by atoms with E-state index in [9.17, 15) is 14.7 Å². The Morgan fingerprint density at radius 3 is 2.62 bits per heavy atom. The van der Waals surface area contributed by atoms with Crippen LogP contribution in [0.15, 0.2) is 59.0 Å². The smallest absolute Gasteiger partial charge is 0.248 e. The van der Waals surface area contributed by atoms with Crippen molar-refractivity contribution in [3.8, 4) is 0 Å². The van der Waals surface area contributed by atoms with Crippen LogP contribution in [0, 0.1) is 12.3 Å². The van der Waals surface area contributed by atoms with Gasteiger partial charge in [-0.25, -0.2) is 0 Å². The summed E-state index contributed by atoms with van der Waals surface area (Å²) < 4.78 is 5.99. The van der Waals surface area contributed by atoms with Gasteiger partial charge in [-0.1, -0.05) is 48.5 Å². The maximum absolute atomic E-state index is 13.8. The van der Waals surface area contributed by atoms with Crippen molar-refractivity contribution in [3.63, 3.8) is 0 Å². The Morgan fingerprint density at radius 1 is 1.12 bits per heavy atom. The number of aliphatic hydroxyl groups excluding tert-OH is 1. The van der Waals surface area contributed by atoms with E-state index in [1.165, 1.54) is 0 Å². The van der Waals surface area contributed by atoms with E-state index >= 15 is 0 Å². The van der Waals surface area contributed by atoms with Crippen molar-refractivity contribution >= 4 is 22.8 Å². The number of amides is 2. The molecule has 1 aromatic heterocycles. The van der Waals surface area contributed by atoms with Gasteiger partial charge >= 0.3 is 0 Å². The second kappa shape index (κ2) is 8.10. The second-order valence-corrected chi connectivity index (χ2v) is 9.06. The zero-order valence-electron chi connectivity index (χ0n) is 18.2. The van der Waals surface area contributed by atoms with E-state index in [0.717, 1.165) is 40.7 Å². The first-order valence-corrected chi connectivity index (χ1v) is 11.2. The highest BCUT2D eigenvalue weighted by atomic mass is 16.3. The molecule has 0 radical (unpaired) electrons. The van der Waals surface area contributed by atoms with E-state index < -0.39 is 12.0 Å². The number of aryl methyl sites for hydroxylation is 1. The van der Waals surface area contributed by atoms with Crippen molar-refractivity contribution in [3.05, 3.63) is 71.5 Å². The molecule has 6 nitrogen and oxygen atoms in total. The summed E-state index contributed by atoms with van der Waals surface area (Å²) in [6, 6.07) is 17.6. The minimum absolute atomic E-state index is 0.00190. The SMILES string of the molecule is Cc1c(CNC(=O)[C@@]2(Cc3ccccc3)C[C@H]3CC[C@@H]2N3C(=O)CO)oc2ccccc12. The van der Waals surface area contributed by atoms with E-state index in [0.29, 0.717) is 19.4 Å². The third kappa shape index (κ3) is 3.30. The molecule has 2 amide bonds. The number of para-hydroxylation sites is 1. The lowest BCUT2D eigenvalue weighted by Crippen LogP contribution is -2.51. The molecule has 2 N–H and O–H groups in total. The van der Waals surface area contributed by atoms with Gasteiger partial charge in [0.2, 0.25) is 11.8 Å². The molecule has 166 valence electrons. The zero-order chi connectivity index (χ0) is 22.3. The highest BCUT2D eigenvalue weighted by Gasteiger charge is 2.60. The van der Waals surface area contributed by atoms with Crippen LogP contribution in [-0.4, -0.2) is 40.5 Å². The molecular weight excluding hydrogens is 404 g/mol. The van der Waals surface area contributed by atoms with Crippen LogP contribution in [0.3, 0.4) is 0 Å². The van der Waals surface area contributed by atoms with Gasteiger partial charge in [-0.2, -0.15) is 0 Å². The molecule has 2 aromatic carbocycles. The van der Waals surface area contributed by atoms with Crippen LogP contribution >= 0.6 is 0 Å². The fourth-order valence-corrected chi connectivity index (χ4v) is 5.85. The summed E-state index contributed by atoms with van der Waals surface area (Å²) in [5.74, 6) is 0.415. The molecule has 2 fully saturated rings. The van der Waals surface area contributed by atoms with Gasteiger partial charge in [0.25, 0.3) is 0 Å². The lowest BCUT2D eigenvalue weighted by atomic mass is 9.69. The summed E-state index contributed by atoms with van der Waals surface area (Å²) in [6.07, 6.45) is 2.83. The molecule has 2 aliphatic rings. The molecule has 6 heteroatoms. The van der Waals surface area contributed by atoms with Gasteiger partial charge in [0.15, 0.2) is 0 Å². The van der Waals surface area contributed by atoms with E-state index in [-0.39, 0.29) is 23.9 Å². The highest BCUT2D eigenvalue weighted by Crippen LogP contribution is 2.51. The lowest BCUT2D eigenvalue weighted by Gasteiger charge is -2.36. The maximum atomic E-state index is 13.8. The van der Waals surface area contributed by atoms with Crippen LogP contribution in [0.25, 0.3) is 11.0 Å². The van der Waals surface area contributed by atoms with Gasteiger partial charge in [0.05, 0.1) is 12.0 Å². The quantitative estimate of drug-likeness (QED) is 0.626. The van der Waals surface area contributed by atoms with Gasteiger partial charge in [-0.3, -0.25) is 9.59 Å². The number of carbonyl (C=O) groups is 2. The highest BCUT2D eigenvalue weighted by molar-refractivity contribution is 5.88. The summed E-state index contributed by atoms with van der Waals surface area (Å²) >= 11 is 0. The van der Waals surface area contributed by atoms with Crippen LogP contribution in [0.1, 0.15) is 36.1 Å². The van der Waals surface area contributed by atoms with Crippen molar-refractivity contribution < 1.29 is 19.1 Å². The Kier molecular flexibility index (Phi) is 5.25. The fourth-order valence-electron chi connectivity index (χ4n) is 5.85. The van der Waals surface area contributed by atoms with Crippen molar-refractivity contribution in [1.82, 2.24) is 10.2 Å². The third-order valence-electron chi connectivity index (χ3n) is 7.33. The van der Waals surface area contributed by atoms with Crippen molar-refractivity contribution in [2.75, 3.05) is 6.61 Å². The Hall–Kier alpha value is -3.12. The first kappa shape index (κ1) is 20.8. The first-order chi connectivity index (χ1) is 15.5. The van der Waals surface area contributed by atoms with Crippen molar-refractivity contribution in [2.24, 2.45) is 5.41 Å². The summed E-state index contributed by atoms with van der Waals surface area (Å²) in [6.45, 7) is 1.79. The van der Waals surface area contributed by atoms with E-state index in [1.807, 2.05) is 61.5 Å². The predicted molar refractivity (Wildman–Crippen MR) is 121 cm³/mol. The fraction of sp³-hybridized carbons (Fsp3) is 0.385. The largest absolute Gasteiger partial charge is 0.459 e. The molecule has 0 aliphatic carbocycles. The zero-order valence-corrected chi connectivity index (χ0v) is 18.2. The number of aliphatic hydroxyl groups is 1. The number of furan rings is 1. The average Bonchev–Trinajstić information content (AvgIpc) is 3.48. The molecule has 2 aliphatic heterocycles. The number of carbonyl (C=O) groups excluding carboxylic acids is 2. The Balaban J connectivity index is 1.43. The first-order valence-electron chi connectivity index (χ1n) is 11.2. The monoisotopic (exact) mass is 432 g/mol. The molecule has 0 unspecified atom stereocenters. The van der Waals surface area contributed by atoms with Crippen LogP contribution in [0.5, 0.6) is 0 Å². The minimum atomic E-state index is -0.713. The van der Waals surface area contributed by atoms with Gasteiger partial charge in [-0.05, 0) is 44.2 Å². The average molecular weight is 433 g/mol. The van der Waals surface area contributed by atoms with Gasteiger partial charge < -0.3 is 19.7 Å². The molecular formula is C26H28N2O4. The number of nitrogens with zero attached hydrogens (tertiary/aromatic N) is 1. The minimum Gasteiger partial charge on any atom is -0.459 e. The maximum Gasteiger partial charge on any atom is 0.248 e. The molecule has 2 saturated heterocycles. The third-order valence-corrected chi connectivity index (χ3v) is 7.33. The lowest BCUT2D eigenvalue weighted by molar-refractivity contribution is -0.138. The molecule has 32 heavy (non-hydrogen) atoms. The number of rotatable bonds is 6. The Labute approximate surface area is 187 Å². The van der Waals surface area contributed by atoms with Gasteiger partial charge in [0, 0.05) is 23.0 Å². The molecule has 0 saturated carbocycles. The van der Waals surface area contributed by atoms with Crippen LogP contribution in [0.4, 0.5) is 0 Å². The summed E-state index contributed by atoms with van der Waals surface area (Å²) in [5, 5.41) is 13.7. The summed E-state index contributed by atoms with van der Waals surface area (Å²) in [7, 11) is 0. The Morgan fingerprint density at radius 2 is 1.88 bits per heavy atom. The van der Waals surface area contributed by atoms with Gasteiger partial charge in [0.1, 0.15) is 18.0 Å². The number of benzene rings is 2. The molecule has 5 rings (SSSR count). The standard InChI is InChI=1S/C26H28N2O4/c1-17-20-9-5-6-10-21(20)32-22(17)15-27-25(31)26(13-18-7-3-2-4-8-18)14-19-11-12-23(26)28(19)24(30)16-29/h2-10,19,23,29H,11-16H2,1H3,(H,27,31)/t19-,23+,26+/m1/s1. The summed E-state index contributed by atoms with van der Waals surface area (Å²) in [5.41, 5.74) is 2.21. The topological polar surface area (TPSA) is 82.8 Å². The summed E-state index contributed by atoms with van der Waals surface area (Å²) in [4.78, 5) is 28.0. The van der Waals surface area contributed by atoms with Crippen LogP contribution in [-0.2, 0) is 22.6 Å².